The molecule has 1 rings (SSSR count). The highest BCUT2D eigenvalue weighted by molar-refractivity contribution is 7.88. The zero-order valence-corrected chi connectivity index (χ0v) is 9.60. The molecule has 0 aliphatic carbocycles. The first-order valence-corrected chi connectivity index (χ1v) is 5.76. The van der Waals surface area contributed by atoms with Crippen LogP contribution in [0.15, 0.2) is 18.2 Å². The minimum atomic E-state index is -5.89. The van der Waals surface area contributed by atoms with E-state index in [0.717, 1.165) is 6.92 Å². The fourth-order valence-corrected chi connectivity index (χ4v) is 1.49. The van der Waals surface area contributed by atoms with Gasteiger partial charge in [0.1, 0.15) is 5.82 Å². The minimum absolute atomic E-state index is 0.587. The highest BCUT2D eigenvalue weighted by Crippen LogP contribution is 2.29. The van der Waals surface area contributed by atoms with Gasteiger partial charge in [-0.1, -0.05) is 0 Å². The molecule has 0 spiro atoms. The van der Waals surface area contributed by atoms with Gasteiger partial charge in [-0.25, -0.2) is 4.39 Å². The molecule has 0 saturated carbocycles. The fourth-order valence-electron chi connectivity index (χ4n) is 1.02. The molecule has 9 heteroatoms. The van der Waals surface area contributed by atoms with Gasteiger partial charge in [-0.3, -0.25) is 4.79 Å². The number of hydrogen-bond donors (Lipinski definition) is 0. The molecular formula is C9H6F4O4S. The molecule has 1 aromatic rings. The Morgan fingerprint density at radius 3 is 2.28 bits per heavy atom. The van der Waals surface area contributed by atoms with E-state index in [1.807, 2.05) is 0 Å². The Labute approximate surface area is 99.3 Å². The van der Waals surface area contributed by atoms with E-state index in [0.29, 0.717) is 18.2 Å². The van der Waals surface area contributed by atoms with Gasteiger partial charge in [0.25, 0.3) is 0 Å². The first-order chi connectivity index (χ1) is 8.04. The summed E-state index contributed by atoms with van der Waals surface area (Å²) in [5, 5.41) is 0. The van der Waals surface area contributed by atoms with E-state index in [1.54, 1.807) is 0 Å². The molecule has 0 aliphatic heterocycles. The highest BCUT2D eigenvalue weighted by Gasteiger charge is 2.48. The Morgan fingerprint density at radius 2 is 1.83 bits per heavy atom. The van der Waals surface area contributed by atoms with Crippen LogP contribution in [-0.4, -0.2) is 19.7 Å². The molecule has 100 valence electrons. The van der Waals surface area contributed by atoms with Crippen LogP contribution in [0.4, 0.5) is 17.6 Å². The summed E-state index contributed by atoms with van der Waals surface area (Å²) in [6.07, 6.45) is 0. The predicted octanol–water partition coefficient (Wildman–Crippen LogP) is 2.26. The lowest BCUT2D eigenvalue weighted by molar-refractivity contribution is -0.0500. The molecule has 0 amide bonds. The third-order valence-electron chi connectivity index (χ3n) is 1.80. The highest BCUT2D eigenvalue weighted by atomic mass is 32.2. The van der Waals surface area contributed by atoms with Gasteiger partial charge in [-0.2, -0.15) is 21.6 Å². The first kappa shape index (κ1) is 14.4. The van der Waals surface area contributed by atoms with Crippen LogP contribution in [0.1, 0.15) is 17.3 Å². The van der Waals surface area contributed by atoms with Crippen molar-refractivity contribution < 1.29 is 35.0 Å². The topological polar surface area (TPSA) is 60.4 Å². The van der Waals surface area contributed by atoms with Crippen LogP contribution in [0.5, 0.6) is 5.75 Å². The molecule has 0 aliphatic rings. The summed E-state index contributed by atoms with van der Waals surface area (Å²) >= 11 is 0. The van der Waals surface area contributed by atoms with Gasteiger partial charge in [0.2, 0.25) is 0 Å². The third kappa shape index (κ3) is 2.97. The SMILES string of the molecule is CC(=O)c1cc(F)ccc1OS(=O)(=O)C(F)(F)F. The van der Waals surface area contributed by atoms with Gasteiger partial charge in [-0.15, -0.1) is 0 Å². The van der Waals surface area contributed by atoms with Crippen LogP contribution in [0, 0.1) is 5.82 Å². The number of rotatable bonds is 3. The maximum absolute atomic E-state index is 12.8. The van der Waals surface area contributed by atoms with Crippen LogP contribution in [-0.2, 0) is 10.1 Å². The quantitative estimate of drug-likeness (QED) is 0.370. The van der Waals surface area contributed by atoms with Crippen LogP contribution >= 0.6 is 0 Å². The fraction of sp³-hybridized carbons (Fsp3) is 0.222. The van der Waals surface area contributed by atoms with Crippen molar-refractivity contribution >= 4 is 15.9 Å². The van der Waals surface area contributed by atoms with Gasteiger partial charge in [-0.05, 0) is 25.1 Å². The molecule has 0 saturated heterocycles. The molecule has 4 nitrogen and oxygen atoms in total. The van der Waals surface area contributed by atoms with Crippen molar-refractivity contribution in [2.45, 2.75) is 12.4 Å². The van der Waals surface area contributed by atoms with Crippen molar-refractivity contribution in [3.8, 4) is 5.75 Å². The van der Waals surface area contributed by atoms with Crippen LogP contribution < -0.4 is 4.18 Å². The van der Waals surface area contributed by atoms with Crippen LogP contribution in [0.25, 0.3) is 0 Å². The summed E-state index contributed by atoms with van der Waals surface area (Å²) in [6.45, 7) is 0.932. The maximum atomic E-state index is 12.8. The molecule has 0 atom stereocenters. The minimum Gasteiger partial charge on any atom is -0.375 e. The van der Waals surface area contributed by atoms with Crippen molar-refractivity contribution in [3.05, 3.63) is 29.6 Å². The number of halogens is 4. The lowest BCUT2D eigenvalue weighted by Crippen LogP contribution is -2.28. The molecular weight excluding hydrogens is 280 g/mol. The Hall–Kier alpha value is -1.64. The summed E-state index contributed by atoms with van der Waals surface area (Å²) in [5.74, 6) is -2.61. The molecule has 0 aromatic heterocycles. The van der Waals surface area contributed by atoms with E-state index >= 15 is 0 Å². The van der Waals surface area contributed by atoms with Crippen molar-refractivity contribution in [1.29, 1.82) is 0 Å². The largest absolute Gasteiger partial charge is 0.534 e. The summed E-state index contributed by atoms with van der Waals surface area (Å²) in [6, 6.07) is 1.90. The zero-order chi connectivity index (χ0) is 14.1. The average Bonchev–Trinajstić information content (AvgIpc) is 2.18. The number of alkyl halides is 3. The number of carbonyl (C=O) groups is 1. The van der Waals surface area contributed by atoms with Gasteiger partial charge >= 0.3 is 15.6 Å². The smallest absolute Gasteiger partial charge is 0.375 e. The molecule has 0 N–H and O–H groups in total. The molecule has 0 fully saturated rings. The summed E-state index contributed by atoms with van der Waals surface area (Å²) in [5.41, 5.74) is -6.22. The Bertz CT molecular complexity index is 577. The molecule has 0 radical (unpaired) electrons. The summed E-state index contributed by atoms with van der Waals surface area (Å²) in [4.78, 5) is 11.0. The molecule has 1 aromatic carbocycles. The standard InChI is InChI=1S/C9H6F4O4S/c1-5(14)7-4-6(10)2-3-8(7)17-18(15,16)9(11,12)13/h2-4H,1H3. The summed E-state index contributed by atoms with van der Waals surface area (Å²) < 4.78 is 74.2. The predicted molar refractivity (Wildman–Crippen MR) is 52.0 cm³/mol. The molecule has 18 heavy (non-hydrogen) atoms. The second-order valence-corrected chi connectivity index (χ2v) is 4.72. The Balaban J connectivity index is 3.25. The van der Waals surface area contributed by atoms with Crippen LogP contribution in [0.2, 0.25) is 0 Å². The number of Topliss-reactive ketones (excluding diaryl/α,β-unsaturated/α-hetero) is 1. The third-order valence-corrected chi connectivity index (χ3v) is 2.77. The monoisotopic (exact) mass is 286 g/mol. The Morgan fingerprint density at radius 1 is 1.28 bits per heavy atom. The van der Waals surface area contributed by atoms with Gasteiger partial charge < -0.3 is 4.18 Å². The first-order valence-electron chi connectivity index (χ1n) is 4.36. The maximum Gasteiger partial charge on any atom is 0.534 e. The lowest BCUT2D eigenvalue weighted by Gasteiger charge is -2.11. The van der Waals surface area contributed by atoms with Crippen molar-refractivity contribution in [1.82, 2.24) is 0 Å². The van der Waals surface area contributed by atoms with E-state index in [4.69, 9.17) is 0 Å². The molecule has 0 bridgehead atoms. The number of carbonyl (C=O) groups excluding carboxylic acids is 1. The number of ketones is 1. The zero-order valence-electron chi connectivity index (χ0n) is 8.79. The van der Waals surface area contributed by atoms with E-state index < -0.39 is 38.5 Å². The molecule has 0 heterocycles. The van der Waals surface area contributed by atoms with E-state index in [-0.39, 0.29) is 0 Å². The van der Waals surface area contributed by atoms with Gasteiger partial charge in [0.05, 0.1) is 5.56 Å². The van der Waals surface area contributed by atoms with Gasteiger partial charge in [0.15, 0.2) is 11.5 Å². The van der Waals surface area contributed by atoms with E-state index in [2.05, 4.69) is 4.18 Å². The number of benzene rings is 1. The second kappa shape index (κ2) is 4.56. The normalized spacial score (nSPS) is 12.3. The van der Waals surface area contributed by atoms with E-state index in [9.17, 15) is 30.8 Å². The average molecular weight is 286 g/mol. The van der Waals surface area contributed by atoms with Crippen molar-refractivity contribution in [2.24, 2.45) is 0 Å². The van der Waals surface area contributed by atoms with Gasteiger partial charge in [0, 0.05) is 0 Å². The molecule has 0 unspecified atom stereocenters. The van der Waals surface area contributed by atoms with Crippen LogP contribution in [0.3, 0.4) is 0 Å². The van der Waals surface area contributed by atoms with E-state index in [1.165, 1.54) is 0 Å². The lowest BCUT2D eigenvalue weighted by atomic mass is 10.1. The Kier molecular flexibility index (Phi) is 3.65. The summed E-state index contributed by atoms with van der Waals surface area (Å²) in [7, 11) is -5.89. The second-order valence-electron chi connectivity index (χ2n) is 3.18. The van der Waals surface area contributed by atoms with Crippen molar-refractivity contribution in [3.63, 3.8) is 0 Å². The number of hydrogen-bond acceptors (Lipinski definition) is 4. The van der Waals surface area contributed by atoms with Crippen molar-refractivity contribution in [2.75, 3.05) is 0 Å².